The molecule has 2 fully saturated rings. The number of imide groups is 1. The van der Waals surface area contributed by atoms with Crippen LogP contribution in [0.25, 0.3) is 0 Å². The van der Waals surface area contributed by atoms with Gasteiger partial charge in [-0.3, -0.25) is 9.69 Å². The molecule has 2 aliphatic heterocycles. The molecule has 1 aliphatic carbocycles. The van der Waals surface area contributed by atoms with Gasteiger partial charge in [-0.2, -0.15) is 0 Å². The third-order valence-corrected chi connectivity index (χ3v) is 6.84. The minimum atomic E-state index is -0.977. The molecule has 1 aromatic heterocycles. The summed E-state index contributed by atoms with van der Waals surface area (Å²) < 4.78 is 0. The second-order valence-electron chi connectivity index (χ2n) is 8.77. The van der Waals surface area contributed by atoms with E-state index < -0.39 is 5.54 Å². The van der Waals surface area contributed by atoms with Crippen molar-refractivity contribution in [3.8, 4) is 0 Å². The maximum Gasteiger partial charge on any atom is 0.329 e. The molecule has 7 nitrogen and oxygen atoms in total. The van der Waals surface area contributed by atoms with Crippen LogP contribution in [0.3, 0.4) is 0 Å². The Morgan fingerprint density at radius 1 is 1.10 bits per heavy atom. The van der Waals surface area contributed by atoms with Crippen LogP contribution in [-0.4, -0.2) is 49.7 Å². The van der Waals surface area contributed by atoms with E-state index in [-0.39, 0.29) is 11.9 Å². The van der Waals surface area contributed by atoms with E-state index in [0.29, 0.717) is 6.67 Å². The van der Waals surface area contributed by atoms with Crippen LogP contribution in [0, 0.1) is 0 Å². The Labute approximate surface area is 176 Å². The van der Waals surface area contributed by atoms with Gasteiger partial charge in [0.05, 0.1) is 6.20 Å². The Hall–Kier alpha value is -2.93. The topological polar surface area (TPSA) is 71.2 Å². The number of piperazine rings is 1. The first kappa shape index (κ1) is 19.1. The summed E-state index contributed by atoms with van der Waals surface area (Å²) in [4.78, 5) is 34.3. The van der Waals surface area contributed by atoms with Gasteiger partial charge in [-0.15, -0.1) is 0 Å². The number of H-pyrrole nitrogens is 1. The molecule has 5 rings (SSSR count). The molecule has 1 atom stereocenters. The van der Waals surface area contributed by atoms with Gasteiger partial charge in [-0.1, -0.05) is 24.3 Å². The van der Waals surface area contributed by atoms with Gasteiger partial charge in [0.2, 0.25) is 0 Å². The highest BCUT2D eigenvalue weighted by Crippen LogP contribution is 2.32. The SMILES string of the molecule is C[C@]1(c2ccc3c(c2)CCC3)NC(=O)N(C[NH+]2CCN(c3cccc[nH+]3)CC2)C1=O. The Morgan fingerprint density at radius 3 is 2.67 bits per heavy atom. The number of anilines is 1. The summed E-state index contributed by atoms with van der Waals surface area (Å²) >= 11 is 0. The second kappa shape index (κ2) is 7.40. The Morgan fingerprint density at radius 2 is 1.90 bits per heavy atom. The van der Waals surface area contributed by atoms with Crippen LogP contribution in [0.5, 0.6) is 0 Å². The van der Waals surface area contributed by atoms with E-state index in [2.05, 4.69) is 33.4 Å². The monoisotopic (exact) mass is 407 g/mol. The molecule has 3 aliphatic rings. The Balaban J connectivity index is 1.26. The number of nitrogens with one attached hydrogen (secondary N) is 3. The number of aromatic nitrogens is 1. The molecular weight excluding hydrogens is 378 g/mol. The Kier molecular flexibility index (Phi) is 4.70. The highest BCUT2D eigenvalue weighted by Gasteiger charge is 2.50. The molecule has 0 saturated carbocycles. The zero-order valence-corrected chi connectivity index (χ0v) is 17.4. The van der Waals surface area contributed by atoms with Crippen LogP contribution in [0.4, 0.5) is 10.6 Å². The number of carbonyl (C=O) groups is 2. The quantitative estimate of drug-likeness (QED) is 0.708. The number of fused-ring (bicyclic) bond motifs is 1. The van der Waals surface area contributed by atoms with Gasteiger partial charge < -0.3 is 10.2 Å². The molecule has 156 valence electrons. The van der Waals surface area contributed by atoms with Crippen molar-refractivity contribution >= 4 is 17.8 Å². The fraction of sp³-hybridized carbons (Fsp3) is 0.435. The van der Waals surface area contributed by atoms with Crippen molar-refractivity contribution in [1.82, 2.24) is 10.2 Å². The van der Waals surface area contributed by atoms with Crippen molar-refractivity contribution in [3.05, 3.63) is 59.3 Å². The van der Waals surface area contributed by atoms with Crippen LogP contribution in [0.15, 0.2) is 42.6 Å². The van der Waals surface area contributed by atoms with Crippen molar-refractivity contribution in [3.63, 3.8) is 0 Å². The van der Waals surface area contributed by atoms with Crippen LogP contribution >= 0.6 is 0 Å². The average molecular weight is 408 g/mol. The van der Waals surface area contributed by atoms with E-state index in [0.717, 1.165) is 56.8 Å². The first-order valence-electron chi connectivity index (χ1n) is 10.9. The summed E-state index contributed by atoms with van der Waals surface area (Å²) in [6, 6.07) is 12.0. The zero-order chi connectivity index (χ0) is 20.7. The van der Waals surface area contributed by atoms with E-state index in [4.69, 9.17) is 0 Å². The van der Waals surface area contributed by atoms with Gasteiger partial charge in [0.25, 0.3) is 11.7 Å². The zero-order valence-electron chi connectivity index (χ0n) is 17.4. The lowest BCUT2D eigenvalue weighted by molar-refractivity contribution is -0.908. The van der Waals surface area contributed by atoms with E-state index >= 15 is 0 Å². The third kappa shape index (κ3) is 3.23. The number of rotatable bonds is 4. The molecule has 1 aromatic carbocycles. The molecule has 7 heteroatoms. The number of quaternary nitrogens is 1. The maximum atomic E-state index is 13.3. The number of hydrogen-bond donors (Lipinski definition) is 2. The molecule has 0 unspecified atom stereocenters. The fourth-order valence-corrected chi connectivity index (χ4v) is 4.95. The summed E-state index contributed by atoms with van der Waals surface area (Å²) in [5.74, 6) is 0.965. The largest absolute Gasteiger partial charge is 0.329 e. The molecule has 3 amide bonds. The van der Waals surface area contributed by atoms with Crippen molar-refractivity contribution in [2.45, 2.75) is 31.7 Å². The summed E-state index contributed by atoms with van der Waals surface area (Å²) in [5.41, 5.74) is 2.60. The Bertz CT molecular complexity index is 971. The number of urea groups is 1. The number of nitrogens with zero attached hydrogens (tertiary/aromatic N) is 2. The number of pyridine rings is 1. The maximum absolute atomic E-state index is 13.3. The molecule has 2 aromatic rings. The van der Waals surface area contributed by atoms with Crippen LogP contribution in [0.2, 0.25) is 0 Å². The molecule has 0 radical (unpaired) electrons. The molecule has 0 bridgehead atoms. The van der Waals surface area contributed by atoms with E-state index in [1.807, 2.05) is 31.3 Å². The minimum Gasteiger partial charge on any atom is -0.319 e. The van der Waals surface area contributed by atoms with E-state index in [1.54, 1.807) is 0 Å². The highest BCUT2D eigenvalue weighted by atomic mass is 16.2. The van der Waals surface area contributed by atoms with Gasteiger partial charge in [0.15, 0.2) is 6.67 Å². The summed E-state index contributed by atoms with van der Waals surface area (Å²) in [7, 11) is 0. The number of hydrogen-bond acceptors (Lipinski definition) is 3. The van der Waals surface area contributed by atoms with Gasteiger partial charge in [-0.05, 0) is 48.9 Å². The predicted molar refractivity (Wildman–Crippen MR) is 112 cm³/mol. The lowest BCUT2D eigenvalue weighted by Crippen LogP contribution is -3.16. The van der Waals surface area contributed by atoms with Gasteiger partial charge >= 0.3 is 6.03 Å². The normalized spacial score (nSPS) is 24.3. The molecule has 2 saturated heterocycles. The van der Waals surface area contributed by atoms with Gasteiger partial charge in [-0.25, -0.2) is 14.7 Å². The number of carbonyl (C=O) groups excluding carboxylic acids is 2. The predicted octanol–water partition coefficient (Wildman–Crippen LogP) is 0.119. The third-order valence-electron chi connectivity index (χ3n) is 6.84. The van der Waals surface area contributed by atoms with Crippen LogP contribution in [-0.2, 0) is 23.2 Å². The van der Waals surface area contributed by atoms with Crippen molar-refractivity contribution in [2.75, 3.05) is 37.7 Å². The van der Waals surface area contributed by atoms with E-state index in [9.17, 15) is 9.59 Å². The number of aryl methyl sites for hydroxylation is 2. The average Bonchev–Trinajstić information content (AvgIpc) is 3.33. The van der Waals surface area contributed by atoms with Gasteiger partial charge in [0, 0.05) is 6.07 Å². The fourth-order valence-electron chi connectivity index (χ4n) is 4.95. The second-order valence-corrected chi connectivity index (χ2v) is 8.77. The lowest BCUT2D eigenvalue weighted by Gasteiger charge is -2.30. The first-order valence-corrected chi connectivity index (χ1v) is 10.9. The van der Waals surface area contributed by atoms with Gasteiger partial charge in [0.1, 0.15) is 31.7 Å². The van der Waals surface area contributed by atoms with Crippen molar-refractivity contribution in [2.24, 2.45) is 0 Å². The summed E-state index contributed by atoms with van der Waals surface area (Å²) in [6.45, 7) is 5.80. The molecule has 30 heavy (non-hydrogen) atoms. The van der Waals surface area contributed by atoms with Crippen molar-refractivity contribution < 1.29 is 19.5 Å². The first-order chi connectivity index (χ1) is 14.5. The molecular formula is C23H29N5O2+2. The standard InChI is InChI=1S/C23H27N5O2/c1-23(19-9-8-17-5-4-6-18(17)15-19)21(29)28(22(30)25-23)16-26-11-13-27(14-12-26)20-7-2-3-10-24-20/h2-3,7-10,15H,4-6,11-14,16H2,1H3,(H,25,30)/p+2/t23-/m1/s1. The van der Waals surface area contributed by atoms with E-state index in [1.165, 1.54) is 20.9 Å². The smallest absolute Gasteiger partial charge is 0.319 e. The number of benzene rings is 1. The number of aromatic amines is 1. The molecule has 3 heterocycles. The molecule has 3 N–H and O–H groups in total. The lowest BCUT2D eigenvalue weighted by atomic mass is 9.90. The van der Waals surface area contributed by atoms with Crippen LogP contribution < -0.4 is 20.1 Å². The summed E-state index contributed by atoms with van der Waals surface area (Å²) in [6.07, 6.45) is 5.26. The summed E-state index contributed by atoms with van der Waals surface area (Å²) in [5, 5.41) is 2.97. The highest BCUT2D eigenvalue weighted by molar-refractivity contribution is 6.07. The van der Waals surface area contributed by atoms with Crippen LogP contribution in [0.1, 0.15) is 30.0 Å². The van der Waals surface area contributed by atoms with Crippen molar-refractivity contribution in [1.29, 1.82) is 0 Å². The minimum absolute atomic E-state index is 0.142. The molecule has 0 spiro atoms. The number of amides is 3.